The Kier molecular flexibility index (Phi) is 7.95. The molecule has 5 nitrogen and oxygen atoms in total. The number of ether oxygens (including phenoxy) is 2. The number of aliphatic imine (C=N–C) groups is 1. The first-order valence-corrected chi connectivity index (χ1v) is 11.3. The molecule has 1 aromatic carbocycles. The molecule has 2 heterocycles. The lowest BCUT2D eigenvalue weighted by atomic mass is 9.74. The summed E-state index contributed by atoms with van der Waals surface area (Å²) in [7, 11) is 1.83. The van der Waals surface area contributed by atoms with Crippen LogP contribution in [0.4, 0.5) is 0 Å². The molecule has 0 unspecified atom stereocenters. The van der Waals surface area contributed by atoms with E-state index >= 15 is 0 Å². The maximum Gasteiger partial charge on any atom is 0.191 e. The molecule has 29 heavy (non-hydrogen) atoms. The van der Waals surface area contributed by atoms with Gasteiger partial charge in [-0.1, -0.05) is 19.1 Å². The molecule has 0 atom stereocenters. The zero-order chi connectivity index (χ0) is 20.5. The van der Waals surface area contributed by atoms with Crippen molar-refractivity contribution in [2.45, 2.75) is 45.1 Å². The van der Waals surface area contributed by atoms with Gasteiger partial charge in [-0.3, -0.25) is 4.99 Å². The van der Waals surface area contributed by atoms with Gasteiger partial charge in [0, 0.05) is 42.0 Å². The molecule has 2 N–H and O–H groups in total. The fraction of sp³-hybridized carbons (Fsp3) is 0.522. The number of rotatable bonds is 8. The van der Waals surface area contributed by atoms with Crippen molar-refractivity contribution in [3.05, 3.63) is 51.7 Å². The van der Waals surface area contributed by atoms with Crippen LogP contribution in [0.1, 0.15) is 42.0 Å². The molecule has 1 saturated heterocycles. The highest BCUT2D eigenvalue weighted by Gasteiger charge is 2.34. The molecule has 0 spiro atoms. The first kappa shape index (κ1) is 21.7. The first-order valence-electron chi connectivity index (χ1n) is 10.5. The summed E-state index contributed by atoms with van der Waals surface area (Å²) in [4.78, 5) is 7.17. The molecular weight excluding hydrogens is 382 g/mol. The van der Waals surface area contributed by atoms with Crippen molar-refractivity contribution in [3.8, 4) is 5.75 Å². The van der Waals surface area contributed by atoms with E-state index < -0.39 is 0 Å². The minimum atomic E-state index is 0.0406. The Morgan fingerprint density at radius 1 is 1.07 bits per heavy atom. The van der Waals surface area contributed by atoms with Gasteiger partial charge < -0.3 is 20.1 Å². The predicted octanol–water partition coefficient (Wildman–Crippen LogP) is 4.12. The summed E-state index contributed by atoms with van der Waals surface area (Å²) in [6.45, 7) is 8.09. The number of hydrogen-bond acceptors (Lipinski definition) is 4. The van der Waals surface area contributed by atoms with Crippen molar-refractivity contribution < 1.29 is 9.47 Å². The molecule has 1 aliphatic heterocycles. The molecule has 0 bridgehead atoms. The van der Waals surface area contributed by atoms with E-state index in [2.05, 4.69) is 58.9 Å². The normalized spacial score (nSPS) is 16.4. The summed E-state index contributed by atoms with van der Waals surface area (Å²) in [5.74, 6) is 1.76. The van der Waals surface area contributed by atoms with Gasteiger partial charge in [0.2, 0.25) is 0 Å². The standard InChI is InChI=1S/C23H33N3O2S/c1-4-20-10-11-21(29-20)16-25-22(24-3)26-17-23(12-14-27-15-13-23)18-6-8-19(9-7-18)28-5-2/h6-11H,4-5,12-17H2,1-3H3,(H2,24,25,26). The van der Waals surface area contributed by atoms with Gasteiger partial charge in [0.1, 0.15) is 5.75 Å². The van der Waals surface area contributed by atoms with Gasteiger partial charge in [-0.2, -0.15) is 0 Å². The van der Waals surface area contributed by atoms with Crippen molar-refractivity contribution in [2.24, 2.45) is 4.99 Å². The van der Waals surface area contributed by atoms with Crippen LogP contribution in [-0.2, 0) is 23.1 Å². The molecule has 3 rings (SSSR count). The Labute approximate surface area is 178 Å². The van der Waals surface area contributed by atoms with Gasteiger partial charge in [-0.05, 0) is 56.0 Å². The minimum Gasteiger partial charge on any atom is -0.494 e. The molecule has 0 radical (unpaired) electrons. The smallest absolute Gasteiger partial charge is 0.191 e. The lowest BCUT2D eigenvalue weighted by molar-refractivity contribution is 0.0513. The van der Waals surface area contributed by atoms with Crippen LogP contribution >= 0.6 is 11.3 Å². The first-order chi connectivity index (χ1) is 14.2. The molecule has 0 aliphatic carbocycles. The van der Waals surface area contributed by atoms with Crippen molar-refractivity contribution in [3.63, 3.8) is 0 Å². The van der Waals surface area contributed by atoms with E-state index in [1.165, 1.54) is 15.3 Å². The molecule has 2 aromatic rings. The molecule has 0 saturated carbocycles. The number of nitrogens with zero attached hydrogens (tertiary/aromatic N) is 1. The summed E-state index contributed by atoms with van der Waals surface area (Å²) in [5, 5.41) is 7.02. The van der Waals surface area contributed by atoms with E-state index in [9.17, 15) is 0 Å². The number of aryl methyl sites for hydroxylation is 1. The van der Waals surface area contributed by atoms with E-state index in [-0.39, 0.29) is 5.41 Å². The fourth-order valence-electron chi connectivity index (χ4n) is 3.75. The van der Waals surface area contributed by atoms with Gasteiger partial charge in [-0.25, -0.2) is 0 Å². The monoisotopic (exact) mass is 415 g/mol. The topological polar surface area (TPSA) is 54.9 Å². The van der Waals surface area contributed by atoms with E-state index in [1.54, 1.807) is 0 Å². The largest absolute Gasteiger partial charge is 0.494 e. The van der Waals surface area contributed by atoms with E-state index in [0.29, 0.717) is 6.61 Å². The second kappa shape index (κ2) is 10.6. The molecule has 1 aromatic heterocycles. The van der Waals surface area contributed by atoms with Crippen molar-refractivity contribution in [2.75, 3.05) is 33.4 Å². The van der Waals surface area contributed by atoms with Crippen LogP contribution in [0.15, 0.2) is 41.4 Å². The second-order valence-corrected chi connectivity index (χ2v) is 8.60. The summed E-state index contributed by atoms with van der Waals surface area (Å²) >= 11 is 1.86. The highest BCUT2D eigenvalue weighted by atomic mass is 32.1. The Balaban J connectivity index is 1.64. The lowest BCUT2D eigenvalue weighted by Gasteiger charge is -2.38. The van der Waals surface area contributed by atoms with Crippen LogP contribution < -0.4 is 15.4 Å². The second-order valence-electron chi connectivity index (χ2n) is 7.35. The SMILES string of the molecule is CCOc1ccc(C2(CNC(=NC)NCc3ccc(CC)s3)CCOCC2)cc1. The van der Waals surface area contributed by atoms with Crippen molar-refractivity contribution in [1.29, 1.82) is 0 Å². The maximum absolute atomic E-state index is 5.66. The Morgan fingerprint density at radius 2 is 1.79 bits per heavy atom. The summed E-state index contributed by atoms with van der Waals surface area (Å²) < 4.78 is 11.3. The van der Waals surface area contributed by atoms with Crippen molar-refractivity contribution in [1.82, 2.24) is 10.6 Å². The van der Waals surface area contributed by atoms with Crippen LogP contribution in [0, 0.1) is 0 Å². The number of hydrogen-bond donors (Lipinski definition) is 2. The van der Waals surface area contributed by atoms with Crippen LogP contribution in [-0.4, -0.2) is 39.4 Å². The molecule has 6 heteroatoms. The molecule has 1 aliphatic rings. The number of thiophene rings is 1. The van der Waals surface area contributed by atoms with E-state index in [4.69, 9.17) is 9.47 Å². The predicted molar refractivity (Wildman–Crippen MR) is 121 cm³/mol. The van der Waals surface area contributed by atoms with Crippen molar-refractivity contribution >= 4 is 17.3 Å². The zero-order valence-corrected chi connectivity index (χ0v) is 18.6. The number of nitrogens with one attached hydrogen (secondary N) is 2. The van der Waals surface area contributed by atoms with Gasteiger partial charge in [-0.15, -0.1) is 11.3 Å². The third-order valence-corrected chi connectivity index (χ3v) is 6.77. The minimum absolute atomic E-state index is 0.0406. The Morgan fingerprint density at radius 3 is 2.41 bits per heavy atom. The quantitative estimate of drug-likeness (QED) is 0.503. The average Bonchev–Trinajstić information content (AvgIpc) is 3.23. The third-order valence-electron chi connectivity index (χ3n) is 5.54. The Bertz CT molecular complexity index is 780. The number of guanidine groups is 1. The third kappa shape index (κ3) is 5.73. The average molecular weight is 416 g/mol. The highest BCUT2D eigenvalue weighted by molar-refractivity contribution is 7.11. The van der Waals surface area contributed by atoms with Gasteiger partial charge >= 0.3 is 0 Å². The summed E-state index contributed by atoms with van der Waals surface area (Å²) in [6.07, 6.45) is 3.08. The number of benzene rings is 1. The fourth-order valence-corrected chi connectivity index (χ4v) is 4.65. The van der Waals surface area contributed by atoms with Crippen LogP contribution in [0.2, 0.25) is 0 Å². The van der Waals surface area contributed by atoms with E-state index in [0.717, 1.165) is 57.3 Å². The summed E-state index contributed by atoms with van der Waals surface area (Å²) in [6, 6.07) is 13.0. The molecule has 158 valence electrons. The summed E-state index contributed by atoms with van der Waals surface area (Å²) in [5.41, 5.74) is 1.37. The molecule has 1 fully saturated rings. The zero-order valence-electron chi connectivity index (χ0n) is 17.8. The van der Waals surface area contributed by atoms with Gasteiger partial charge in [0.05, 0.1) is 13.2 Å². The van der Waals surface area contributed by atoms with E-state index in [1.807, 2.05) is 25.3 Å². The maximum atomic E-state index is 5.66. The Hall–Kier alpha value is -2.05. The van der Waals surface area contributed by atoms with Crippen LogP contribution in [0.3, 0.4) is 0 Å². The molecular formula is C23H33N3O2S. The van der Waals surface area contributed by atoms with Crippen LogP contribution in [0.5, 0.6) is 5.75 Å². The van der Waals surface area contributed by atoms with Crippen LogP contribution in [0.25, 0.3) is 0 Å². The van der Waals surface area contributed by atoms with Gasteiger partial charge in [0.15, 0.2) is 5.96 Å². The highest BCUT2D eigenvalue weighted by Crippen LogP contribution is 2.35. The molecule has 0 amide bonds. The lowest BCUT2D eigenvalue weighted by Crippen LogP contribution is -2.47. The van der Waals surface area contributed by atoms with Gasteiger partial charge in [0.25, 0.3) is 0 Å².